The van der Waals surface area contributed by atoms with Crippen molar-refractivity contribution in [2.75, 3.05) is 18.5 Å². The number of esters is 1. The van der Waals surface area contributed by atoms with Gasteiger partial charge in [0.05, 0.1) is 12.2 Å². The molecule has 0 unspecified atom stereocenters. The molecular weight excluding hydrogens is 354 g/mol. The minimum absolute atomic E-state index is 0.106. The Hall–Kier alpha value is -2.82. The topological polar surface area (TPSA) is 64.6 Å². The lowest BCUT2D eigenvalue weighted by Crippen LogP contribution is -2.20. The van der Waals surface area contributed by atoms with Gasteiger partial charge in [-0.25, -0.2) is 4.79 Å². The Bertz CT molecular complexity index is 814. The van der Waals surface area contributed by atoms with Gasteiger partial charge in [-0.15, -0.1) is 0 Å². The van der Waals surface area contributed by atoms with Crippen LogP contribution < -0.4 is 10.1 Å². The highest BCUT2D eigenvalue weighted by Gasteiger charge is 2.10. The number of ether oxygens (including phenoxy) is 2. The first kappa shape index (κ1) is 21.5. The number of amides is 1. The molecule has 1 amide bonds. The second kappa shape index (κ2) is 10.5. The van der Waals surface area contributed by atoms with Gasteiger partial charge in [0, 0.05) is 5.69 Å². The number of carbonyl (C=O) groups excluding carboxylic acids is 2. The van der Waals surface area contributed by atoms with E-state index in [0.29, 0.717) is 29.5 Å². The summed E-state index contributed by atoms with van der Waals surface area (Å²) in [5, 5.41) is 2.75. The maximum absolute atomic E-state index is 12.2. The number of rotatable bonds is 9. The summed E-state index contributed by atoms with van der Waals surface area (Å²) in [6, 6.07) is 12.6. The molecule has 2 aromatic carbocycles. The summed E-state index contributed by atoms with van der Waals surface area (Å²) >= 11 is 0. The first-order valence-electron chi connectivity index (χ1n) is 9.71. The molecule has 0 aliphatic rings. The molecule has 0 saturated heterocycles. The molecule has 5 nitrogen and oxygen atoms in total. The summed E-state index contributed by atoms with van der Waals surface area (Å²) in [6.07, 6.45) is 1.79. The third-order valence-corrected chi connectivity index (χ3v) is 4.35. The van der Waals surface area contributed by atoms with Gasteiger partial charge in [0.25, 0.3) is 5.91 Å². The summed E-state index contributed by atoms with van der Waals surface area (Å²) in [5.74, 6) is 0.423. The van der Waals surface area contributed by atoms with Gasteiger partial charge in [0.15, 0.2) is 6.61 Å². The molecular formula is C23H29NO4. The van der Waals surface area contributed by atoms with Crippen LogP contribution in [0.25, 0.3) is 0 Å². The molecule has 150 valence electrons. The van der Waals surface area contributed by atoms with Crippen LogP contribution in [-0.2, 0) is 9.53 Å². The number of hydrogen-bond acceptors (Lipinski definition) is 4. The van der Waals surface area contributed by atoms with Crippen molar-refractivity contribution < 1.29 is 19.1 Å². The van der Waals surface area contributed by atoms with E-state index in [9.17, 15) is 9.59 Å². The maximum atomic E-state index is 12.2. The Balaban J connectivity index is 1.90. The molecule has 1 N–H and O–H groups in total. The van der Waals surface area contributed by atoms with E-state index in [4.69, 9.17) is 9.47 Å². The summed E-state index contributed by atoms with van der Waals surface area (Å²) in [5.41, 5.74) is 3.35. The highest BCUT2D eigenvalue weighted by Crippen LogP contribution is 2.23. The number of benzene rings is 2. The average molecular weight is 383 g/mol. The van der Waals surface area contributed by atoms with Crippen molar-refractivity contribution in [3.05, 3.63) is 59.2 Å². The highest BCUT2D eigenvalue weighted by atomic mass is 16.5. The van der Waals surface area contributed by atoms with E-state index in [1.807, 2.05) is 32.0 Å². The molecule has 0 atom stereocenters. The van der Waals surface area contributed by atoms with Gasteiger partial charge in [0.1, 0.15) is 5.75 Å². The van der Waals surface area contributed by atoms with Gasteiger partial charge < -0.3 is 14.8 Å². The molecule has 0 heterocycles. The average Bonchev–Trinajstić information content (AvgIpc) is 2.66. The van der Waals surface area contributed by atoms with Crippen molar-refractivity contribution in [2.45, 2.75) is 46.5 Å². The van der Waals surface area contributed by atoms with Crippen LogP contribution in [0.1, 0.15) is 61.0 Å². The lowest BCUT2D eigenvalue weighted by atomic mass is 9.98. The van der Waals surface area contributed by atoms with Crippen LogP contribution in [0.3, 0.4) is 0 Å². The van der Waals surface area contributed by atoms with E-state index < -0.39 is 0 Å². The molecule has 0 aromatic heterocycles. The summed E-state index contributed by atoms with van der Waals surface area (Å²) in [7, 11) is 0. The molecule has 2 rings (SSSR count). The van der Waals surface area contributed by atoms with Crippen LogP contribution in [0.15, 0.2) is 42.5 Å². The summed E-state index contributed by atoms with van der Waals surface area (Å²) < 4.78 is 10.8. The molecule has 0 aliphatic heterocycles. The Morgan fingerprint density at radius 1 is 1.11 bits per heavy atom. The second-order valence-corrected chi connectivity index (χ2v) is 7.08. The van der Waals surface area contributed by atoms with Gasteiger partial charge in [-0.2, -0.15) is 0 Å². The molecule has 0 radical (unpaired) electrons. The Kier molecular flexibility index (Phi) is 8.05. The fourth-order valence-electron chi connectivity index (χ4n) is 2.85. The Labute approximate surface area is 167 Å². The molecule has 0 saturated carbocycles. The fraction of sp³-hybridized carbons (Fsp3) is 0.391. The van der Waals surface area contributed by atoms with Gasteiger partial charge in [0.2, 0.25) is 0 Å². The molecule has 2 aromatic rings. The Morgan fingerprint density at radius 3 is 2.57 bits per heavy atom. The smallest absolute Gasteiger partial charge is 0.338 e. The summed E-state index contributed by atoms with van der Waals surface area (Å²) in [6.45, 7) is 8.65. The van der Waals surface area contributed by atoms with Crippen LogP contribution in [0, 0.1) is 6.92 Å². The van der Waals surface area contributed by atoms with Crippen LogP contribution in [0.2, 0.25) is 0 Å². The first-order valence-corrected chi connectivity index (χ1v) is 9.71. The number of anilines is 1. The number of hydrogen-bond donors (Lipinski definition) is 1. The predicted octanol–water partition coefficient (Wildman–Crippen LogP) is 5.09. The van der Waals surface area contributed by atoms with Crippen molar-refractivity contribution in [3.63, 3.8) is 0 Å². The van der Waals surface area contributed by atoms with Crippen LogP contribution in [-0.4, -0.2) is 25.1 Å². The Morgan fingerprint density at radius 2 is 1.89 bits per heavy atom. The molecule has 28 heavy (non-hydrogen) atoms. The van der Waals surface area contributed by atoms with Crippen molar-refractivity contribution in [2.24, 2.45) is 0 Å². The monoisotopic (exact) mass is 383 g/mol. The minimum Gasteiger partial charge on any atom is -0.484 e. The third-order valence-electron chi connectivity index (χ3n) is 4.35. The predicted molar refractivity (Wildman–Crippen MR) is 111 cm³/mol. The van der Waals surface area contributed by atoms with Crippen LogP contribution >= 0.6 is 0 Å². The lowest BCUT2D eigenvalue weighted by molar-refractivity contribution is -0.118. The van der Waals surface area contributed by atoms with E-state index in [-0.39, 0.29) is 18.5 Å². The number of nitrogens with one attached hydrogen (secondary N) is 1. The standard InChI is InChI=1S/C23H29NO4/c1-5-6-12-27-23(26)18-8-7-9-19(14-18)24-22(25)15-28-20-10-11-21(16(2)3)17(4)13-20/h7-11,13-14,16H,5-6,12,15H2,1-4H3,(H,24,25). The summed E-state index contributed by atoms with van der Waals surface area (Å²) in [4.78, 5) is 24.2. The van der Waals surface area contributed by atoms with Gasteiger partial charge in [-0.3, -0.25) is 4.79 Å². The van der Waals surface area contributed by atoms with E-state index in [1.165, 1.54) is 5.56 Å². The zero-order valence-corrected chi connectivity index (χ0v) is 17.1. The third kappa shape index (κ3) is 6.41. The maximum Gasteiger partial charge on any atom is 0.338 e. The highest BCUT2D eigenvalue weighted by molar-refractivity contribution is 5.95. The second-order valence-electron chi connectivity index (χ2n) is 7.08. The van der Waals surface area contributed by atoms with E-state index in [2.05, 4.69) is 19.2 Å². The van der Waals surface area contributed by atoms with Crippen molar-refractivity contribution in [1.29, 1.82) is 0 Å². The van der Waals surface area contributed by atoms with Crippen molar-refractivity contribution >= 4 is 17.6 Å². The molecule has 0 spiro atoms. The molecule has 0 bridgehead atoms. The zero-order valence-electron chi connectivity index (χ0n) is 17.1. The van der Waals surface area contributed by atoms with E-state index in [1.54, 1.807) is 24.3 Å². The van der Waals surface area contributed by atoms with Gasteiger partial charge >= 0.3 is 5.97 Å². The minimum atomic E-state index is -0.387. The first-order chi connectivity index (χ1) is 13.4. The quantitative estimate of drug-likeness (QED) is 0.484. The van der Waals surface area contributed by atoms with Crippen LogP contribution in [0.4, 0.5) is 5.69 Å². The number of aryl methyl sites for hydroxylation is 1. The zero-order chi connectivity index (χ0) is 20.5. The van der Waals surface area contributed by atoms with Gasteiger partial charge in [-0.05, 0) is 60.7 Å². The SMILES string of the molecule is CCCCOC(=O)c1cccc(NC(=O)COc2ccc(C(C)C)c(C)c2)c1. The number of unbranched alkanes of at least 4 members (excludes halogenated alkanes) is 1. The molecule has 0 fully saturated rings. The van der Waals surface area contributed by atoms with Crippen LogP contribution in [0.5, 0.6) is 5.75 Å². The van der Waals surface area contributed by atoms with Crippen molar-refractivity contribution in [1.82, 2.24) is 0 Å². The largest absolute Gasteiger partial charge is 0.484 e. The fourth-order valence-corrected chi connectivity index (χ4v) is 2.85. The number of carbonyl (C=O) groups is 2. The van der Waals surface area contributed by atoms with E-state index >= 15 is 0 Å². The van der Waals surface area contributed by atoms with Gasteiger partial charge in [-0.1, -0.05) is 39.3 Å². The lowest BCUT2D eigenvalue weighted by Gasteiger charge is -2.12. The van der Waals surface area contributed by atoms with Crippen molar-refractivity contribution in [3.8, 4) is 5.75 Å². The molecule has 0 aliphatic carbocycles. The normalized spacial score (nSPS) is 10.6. The van der Waals surface area contributed by atoms with E-state index in [0.717, 1.165) is 18.4 Å². The molecule has 5 heteroatoms.